The number of nitrogens with zero attached hydrogens (tertiary/aromatic N) is 2. The average Bonchev–Trinajstić information content (AvgIpc) is 2.72. The van der Waals surface area contributed by atoms with Gasteiger partial charge >= 0.3 is 5.76 Å². The molecule has 8 heteroatoms. The molecule has 1 saturated heterocycles. The standard InChI is InChI=1S/C16H23N3O4S/c1-11-9-13-14(23-16(20)17-13)10-15(11)24(21,22)19-7-4-5-12(6-8-19)18(2)3/h9-10,12H,4-8H2,1-3H3,(H,17,20)/t12-/m0/s1. The van der Waals surface area contributed by atoms with Crippen LogP contribution in [-0.2, 0) is 10.0 Å². The average molecular weight is 353 g/mol. The number of rotatable bonds is 3. The van der Waals surface area contributed by atoms with Gasteiger partial charge in [0.2, 0.25) is 10.0 Å². The molecule has 0 bridgehead atoms. The summed E-state index contributed by atoms with van der Waals surface area (Å²) in [7, 11) is 0.449. The molecule has 1 atom stereocenters. The van der Waals surface area contributed by atoms with E-state index in [-0.39, 0.29) is 10.5 Å². The molecule has 1 aliphatic heterocycles. The van der Waals surface area contributed by atoms with E-state index in [9.17, 15) is 13.2 Å². The molecule has 1 aromatic carbocycles. The van der Waals surface area contributed by atoms with Gasteiger partial charge in [0.15, 0.2) is 5.58 Å². The van der Waals surface area contributed by atoms with Crippen LogP contribution in [0.3, 0.4) is 0 Å². The number of hydrogen-bond acceptors (Lipinski definition) is 5. The second-order valence-electron chi connectivity index (χ2n) is 6.58. The SMILES string of the molecule is Cc1cc2[nH]c(=O)oc2cc1S(=O)(=O)N1CCC[C@H](N(C)C)CC1. The number of oxazole rings is 1. The van der Waals surface area contributed by atoms with Crippen LogP contribution < -0.4 is 5.76 Å². The molecule has 0 spiro atoms. The van der Waals surface area contributed by atoms with Crippen LogP contribution in [-0.4, -0.2) is 55.8 Å². The van der Waals surface area contributed by atoms with Gasteiger partial charge in [-0.3, -0.25) is 4.98 Å². The fourth-order valence-electron chi connectivity index (χ4n) is 3.31. The highest BCUT2D eigenvalue weighted by Crippen LogP contribution is 2.27. The summed E-state index contributed by atoms with van der Waals surface area (Å²) in [6.45, 7) is 2.75. The van der Waals surface area contributed by atoms with Gasteiger partial charge in [0.05, 0.1) is 10.4 Å². The Balaban J connectivity index is 1.95. The normalized spacial score (nSPS) is 20.6. The van der Waals surface area contributed by atoms with Crippen LogP contribution in [0.5, 0.6) is 0 Å². The predicted molar refractivity (Wildman–Crippen MR) is 91.7 cm³/mol. The summed E-state index contributed by atoms with van der Waals surface area (Å²) in [6, 6.07) is 3.50. The third-order valence-corrected chi connectivity index (χ3v) is 6.76. The van der Waals surface area contributed by atoms with Crippen LogP contribution in [0.1, 0.15) is 24.8 Å². The van der Waals surface area contributed by atoms with E-state index in [0.717, 1.165) is 19.3 Å². The first-order valence-electron chi connectivity index (χ1n) is 8.09. The topological polar surface area (TPSA) is 86.6 Å². The lowest BCUT2D eigenvalue weighted by molar-refractivity contribution is 0.268. The van der Waals surface area contributed by atoms with Crippen molar-refractivity contribution in [1.82, 2.24) is 14.2 Å². The van der Waals surface area contributed by atoms with Crippen LogP contribution in [0.2, 0.25) is 0 Å². The third-order valence-electron chi connectivity index (χ3n) is 4.72. The lowest BCUT2D eigenvalue weighted by Gasteiger charge is -2.23. The fraction of sp³-hybridized carbons (Fsp3) is 0.562. The van der Waals surface area contributed by atoms with E-state index in [1.165, 1.54) is 6.07 Å². The molecule has 1 aliphatic rings. The molecule has 24 heavy (non-hydrogen) atoms. The zero-order valence-corrected chi connectivity index (χ0v) is 15.0. The van der Waals surface area contributed by atoms with E-state index in [1.54, 1.807) is 17.3 Å². The Bertz CT molecular complexity index is 898. The molecular formula is C16H23N3O4S. The summed E-state index contributed by atoms with van der Waals surface area (Å²) in [4.78, 5) is 16.2. The smallest absolute Gasteiger partial charge is 0.408 e. The van der Waals surface area contributed by atoms with Gasteiger partial charge in [-0.1, -0.05) is 0 Å². The second-order valence-corrected chi connectivity index (χ2v) is 8.49. The van der Waals surface area contributed by atoms with Gasteiger partial charge in [-0.25, -0.2) is 13.2 Å². The van der Waals surface area contributed by atoms with Crippen molar-refractivity contribution in [1.29, 1.82) is 0 Å². The number of nitrogens with one attached hydrogen (secondary N) is 1. The number of sulfonamides is 1. The van der Waals surface area contributed by atoms with Crippen LogP contribution in [0.4, 0.5) is 0 Å². The summed E-state index contributed by atoms with van der Waals surface area (Å²) >= 11 is 0. The molecule has 132 valence electrons. The summed E-state index contributed by atoms with van der Waals surface area (Å²) in [5, 5.41) is 0. The number of H-pyrrole nitrogens is 1. The molecule has 2 heterocycles. The Morgan fingerprint density at radius 3 is 2.71 bits per heavy atom. The first-order valence-corrected chi connectivity index (χ1v) is 9.53. The molecule has 2 aromatic rings. The van der Waals surface area contributed by atoms with Gasteiger partial charge in [-0.05, 0) is 51.9 Å². The van der Waals surface area contributed by atoms with Crippen molar-refractivity contribution in [2.45, 2.75) is 37.1 Å². The second kappa shape index (κ2) is 6.34. The van der Waals surface area contributed by atoms with Crippen LogP contribution >= 0.6 is 0 Å². The van der Waals surface area contributed by atoms with Crippen molar-refractivity contribution in [2.24, 2.45) is 0 Å². The van der Waals surface area contributed by atoms with E-state index in [2.05, 4.69) is 9.88 Å². The molecule has 1 aromatic heterocycles. The molecule has 7 nitrogen and oxygen atoms in total. The minimum absolute atomic E-state index is 0.209. The van der Waals surface area contributed by atoms with Crippen molar-refractivity contribution in [3.8, 4) is 0 Å². The van der Waals surface area contributed by atoms with E-state index < -0.39 is 15.8 Å². The summed E-state index contributed by atoms with van der Waals surface area (Å²) in [5.74, 6) is -0.581. The van der Waals surface area contributed by atoms with Crippen LogP contribution in [0.15, 0.2) is 26.2 Å². The highest BCUT2D eigenvalue weighted by molar-refractivity contribution is 7.89. The lowest BCUT2D eigenvalue weighted by atomic mass is 10.1. The molecule has 1 fully saturated rings. The van der Waals surface area contributed by atoms with Gasteiger partial charge in [-0.15, -0.1) is 0 Å². The summed E-state index contributed by atoms with van der Waals surface area (Å²) in [5.41, 5.74) is 1.39. The molecule has 0 unspecified atom stereocenters. The van der Waals surface area contributed by atoms with Crippen molar-refractivity contribution >= 4 is 21.1 Å². The number of fused-ring (bicyclic) bond motifs is 1. The van der Waals surface area contributed by atoms with Crippen molar-refractivity contribution < 1.29 is 12.8 Å². The van der Waals surface area contributed by atoms with Crippen molar-refractivity contribution in [3.05, 3.63) is 28.2 Å². The molecule has 3 rings (SSSR count). The molecular weight excluding hydrogens is 330 g/mol. The third kappa shape index (κ3) is 3.13. The Kier molecular flexibility index (Phi) is 4.54. The summed E-state index contributed by atoms with van der Waals surface area (Å²) < 4.78 is 32.7. The number of aromatic nitrogens is 1. The van der Waals surface area contributed by atoms with Gasteiger partial charge in [-0.2, -0.15) is 4.31 Å². The van der Waals surface area contributed by atoms with Crippen molar-refractivity contribution in [3.63, 3.8) is 0 Å². The first kappa shape index (κ1) is 17.2. The maximum atomic E-state index is 13.1. The minimum atomic E-state index is -3.61. The number of aryl methyl sites for hydroxylation is 1. The molecule has 0 aliphatic carbocycles. The number of benzene rings is 1. The van der Waals surface area contributed by atoms with Crippen LogP contribution in [0, 0.1) is 6.92 Å². The Morgan fingerprint density at radius 2 is 2.00 bits per heavy atom. The summed E-state index contributed by atoms with van der Waals surface area (Å²) in [6.07, 6.45) is 2.64. The van der Waals surface area contributed by atoms with E-state index in [4.69, 9.17) is 4.42 Å². The molecule has 1 N–H and O–H groups in total. The molecule has 0 radical (unpaired) electrons. The van der Waals surface area contributed by atoms with Gasteiger partial charge in [0.25, 0.3) is 0 Å². The molecule has 0 saturated carbocycles. The molecule has 0 amide bonds. The van der Waals surface area contributed by atoms with Gasteiger partial charge in [0.1, 0.15) is 0 Å². The zero-order valence-electron chi connectivity index (χ0n) is 14.2. The highest BCUT2D eigenvalue weighted by atomic mass is 32.2. The monoisotopic (exact) mass is 353 g/mol. The fourth-order valence-corrected chi connectivity index (χ4v) is 5.03. The lowest BCUT2D eigenvalue weighted by Crippen LogP contribution is -2.34. The Morgan fingerprint density at radius 1 is 1.25 bits per heavy atom. The van der Waals surface area contributed by atoms with Gasteiger partial charge in [0, 0.05) is 25.2 Å². The Hall–Kier alpha value is -1.64. The van der Waals surface area contributed by atoms with E-state index >= 15 is 0 Å². The Labute approximate surface area is 141 Å². The quantitative estimate of drug-likeness (QED) is 0.904. The van der Waals surface area contributed by atoms with Gasteiger partial charge < -0.3 is 9.32 Å². The largest absolute Gasteiger partial charge is 0.417 e. The van der Waals surface area contributed by atoms with E-state index in [1.807, 2.05) is 14.1 Å². The van der Waals surface area contributed by atoms with Crippen molar-refractivity contribution in [2.75, 3.05) is 27.2 Å². The van der Waals surface area contributed by atoms with E-state index in [0.29, 0.717) is 30.2 Å². The minimum Gasteiger partial charge on any atom is -0.408 e. The maximum Gasteiger partial charge on any atom is 0.417 e. The first-order chi connectivity index (χ1) is 11.3. The highest BCUT2D eigenvalue weighted by Gasteiger charge is 2.30. The maximum absolute atomic E-state index is 13.1. The zero-order chi connectivity index (χ0) is 17.5. The predicted octanol–water partition coefficient (Wildman–Crippen LogP) is 1.53. The number of hydrogen-bond donors (Lipinski definition) is 1. The number of aromatic amines is 1. The van der Waals surface area contributed by atoms with Crippen LogP contribution in [0.25, 0.3) is 11.1 Å².